The fraction of sp³-hybridized carbons (Fsp3) is 0.529. The summed E-state index contributed by atoms with van der Waals surface area (Å²) in [4.78, 5) is 0. The summed E-state index contributed by atoms with van der Waals surface area (Å²) in [5.74, 6) is 0. The molecule has 0 heterocycles. The van der Waals surface area contributed by atoms with E-state index in [0.717, 1.165) is 53.4 Å². The van der Waals surface area contributed by atoms with Gasteiger partial charge in [0.25, 0.3) is 0 Å². The summed E-state index contributed by atoms with van der Waals surface area (Å²) < 4.78 is 14.8. The predicted molar refractivity (Wildman–Crippen MR) is 496 cm³/mol. The topological polar surface area (TPSA) is 88.4 Å². The number of aliphatic hydroxyl groups excluding tert-OH is 3. The fourth-order valence-corrected chi connectivity index (χ4v) is 6.50. The Hall–Kier alpha value is 2.21. The first kappa shape index (κ1) is 173. The number of aliphatic hydroxyl groups is 3. The maximum atomic E-state index is 7.00. The van der Waals surface area contributed by atoms with Crippen LogP contribution in [0.2, 0.25) is 0 Å². The Morgan fingerprint density at radius 2 is 0.248 bits per heavy atom. The van der Waals surface area contributed by atoms with Crippen LogP contribution in [0.25, 0.3) is 0 Å². The van der Waals surface area contributed by atoms with Crippen molar-refractivity contribution in [2.45, 2.75) is 305 Å². The van der Waals surface area contributed by atoms with Crippen molar-refractivity contribution in [1.82, 2.24) is 0 Å². The second-order valence-electron chi connectivity index (χ2n) is 29.4. The van der Waals surface area contributed by atoms with Crippen LogP contribution in [0, 0.1) is 16.2 Å². The van der Waals surface area contributed by atoms with Gasteiger partial charge in [-0.2, -0.15) is 0 Å². The van der Waals surface area contributed by atoms with Crippen molar-refractivity contribution < 1.29 is 289 Å². The van der Waals surface area contributed by atoms with Crippen molar-refractivity contribution in [2.75, 3.05) is 42.7 Å². The van der Waals surface area contributed by atoms with E-state index in [0.29, 0.717) is 16.2 Å². The molecule has 0 atom stereocenters. The second-order valence-corrected chi connectivity index (χ2v) is 29.4. The summed E-state index contributed by atoms with van der Waals surface area (Å²) in [5, 5.41) is 21.0. The molecule has 0 saturated heterocycles. The predicted octanol–water partition coefficient (Wildman–Crippen LogP) is 30.5. The Kier molecular flexibility index (Phi) is 184. The molecule has 0 aliphatic rings. The van der Waals surface area contributed by atoms with Crippen LogP contribution in [0.4, 0.5) is 0 Å². The van der Waals surface area contributed by atoms with Crippen molar-refractivity contribution in [3.63, 3.8) is 0 Å². The van der Waals surface area contributed by atoms with Gasteiger partial charge in [-0.3, -0.25) is 0 Å². The van der Waals surface area contributed by atoms with Gasteiger partial charge in [-0.05, 0) is 166 Å². The fourth-order valence-electron chi connectivity index (χ4n) is 6.50. The maximum absolute atomic E-state index is 7.00. The first-order valence-electron chi connectivity index (χ1n) is 40.3. The van der Waals surface area contributed by atoms with Crippen LogP contribution in [0.3, 0.4) is 0 Å². The third kappa shape index (κ3) is 162. The van der Waals surface area contributed by atoms with Gasteiger partial charge in [-0.25, -0.2) is 0 Å². The zero-order valence-electron chi connectivity index (χ0n) is 83.7. The Labute approximate surface area is 925 Å². The molecule has 0 unspecified atom stereocenters. The number of methoxy groups -OCH3 is 3. The van der Waals surface area contributed by atoms with E-state index >= 15 is 0 Å². The number of ether oxygens (including phenoxy) is 3. The van der Waals surface area contributed by atoms with Crippen molar-refractivity contribution in [3.05, 3.63) is 286 Å². The molecule has 8 rings (SSSR count). The molecule has 660 valence electrons. The normalized spacial score (nSPS) is 8.60. The van der Waals surface area contributed by atoms with E-state index in [4.69, 9.17) is 29.5 Å². The molecule has 6 radical (unpaired) electrons. The molecule has 0 aromatic heterocycles. The minimum absolute atomic E-state index is 0. The van der Waals surface area contributed by atoms with Crippen LogP contribution in [-0.4, -0.2) is 74.8 Å². The number of benzene rings is 8. The molecule has 3 N–H and O–H groups in total. The Morgan fingerprint density at radius 1 is 0.179 bits per heavy atom. The van der Waals surface area contributed by atoms with E-state index in [1.807, 2.05) is 173 Å². The van der Waals surface area contributed by atoms with Crippen molar-refractivity contribution >= 4 is 0 Å². The molecule has 6 nitrogen and oxygen atoms in total. The monoisotopic (exact) mass is 2590 g/mol. The molecule has 8 aromatic rings. The Balaban J connectivity index is -0.0000000475. The SMILES string of the molecule is CC.CC.CC.CC.CC.CC.CC.CC.CC(C)(C)C.CC(C)(C)C.CC(C)(C)C.CO.CO.CO.COC(C)(C)C.COC(C)(C)C.COC(C)(C)C.[W].[W].[W].[Y].[Y].[Y].[Y].[Y].[Y].c1ccc(Cc2cc(Cc3ccccc3)cc(Cc3ccccc3)c2)cc1.c1ccc(Cc2ccccc2)cc1.c1ccc(Cc2ccccc2)cc1. The summed E-state index contributed by atoms with van der Waals surface area (Å²) in [6, 6.07) is 81.4. The minimum atomic E-state index is 0. The van der Waals surface area contributed by atoms with Crippen LogP contribution < -0.4 is 0 Å². The molecule has 0 spiro atoms. The van der Waals surface area contributed by atoms with Gasteiger partial charge in [0.05, 0.1) is 16.8 Å². The molecule has 0 saturated carbocycles. The number of hydrogen-bond acceptors (Lipinski definition) is 6. The molecule has 0 amide bonds. The molecule has 117 heavy (non-hydrogen) atoms. The van der Waals surface area contributed by atoms with Crippen molar-refractivity contribution in [2.24, 2.45) is 16.2 Å². The van der Waals surface area contributed by atoms with E-state index in [9.17, 15) is 0 Å². The van der Waals surface area contributed by atoms with Gasteiger partial charge in [0.2, 0.25) is 0 Å². The van der Waals surface area contributed by atoms with Gasteiger partial charge >= 0.3 is 0 Å². The van der Waals surface area contributed by atoms with Crippen molar-refractivity contribution in [1.29, 1.82) is 0 Å². The largest absolute Gasteiger partial charge is 0.400 e. The summed E-state index contributed by atoms with van der Waals surface area (Å²) in [6.07, 6.45) is 4.99. The third-order valence-electron chi connectivity index (χ3n) is 10.9. The van der Waals surface area contributed by atoms with E-state index < -0.39 is 0 Å². The van der Waals surface area contributed by atoms with Crippen LogP contribution in [0.5, 0.6) is 0 Å². The van der Waals surface area contributed by atoms with Crippen LogP contribution in [0.1, 0.15) is 312 Å². The van der Waals surface area contributed by atoms with Gasteiger partial charge in [0.15, 0.2) is 0 Å². The summed E-state index contributed by atoms with van der Waals surface area (Å²) in [5.41, 5.74) is 15.4. The quantitative estimate of drug-likeness (QED) is 0.126. The van der Waals surface area contributed by atoms with E-state index in [2.05, 4.69) is 314 Å². The average Bonchev–Trinajstić information content (AvgIpc) is 0.840. The van der Waals surface area contributed by atoms with E-state index in [1.165, 1.54) is 55.6 Å². The average molecular weight is 2590 g/mol. The molecule has 0 bridgehead atoms. The molecule has 8 aromatic carbocycles. The zero-order chi connectivity index (χ0) is 87.3. The first-order chi connectivity index (χ1) is 50.9. The second kappa shape index (κ2) is 125. The van der Waals surface area contributed by atoms with Crippen LogP contribution in [-0.2, 0) is 306 Å². The molecule has 0 aliphatic heterocycles. The molecule has 0 fully saturated rings. The standard InChI is InChI=1S/C27H24.2C13H12.3C5H12O.3C5H12.8C2H6.3CH4O.3W.6Y/c1-4-10-22(11-5-1)16-25-19-26(17-23-12-6-2-7-13-23)21-27(20-25)18-24-14-8-3-9-15-24;2*1-3-7-12(8-4-1)11-13-9-5-2-6-10-13;3*1-5(2,3)6-4;3*1-5(2,3)4;11*1-2;;;;;;;;;/h1-15,19-21H,16-18H2;2*1-10H,11H2;3*1-4H3;3*1-4H3;8*1-2H3;3*2H,1H3;;;;;;;;;. The van der Waals surface area contributed by atoms with Gasteiger partial charge in [-0.1, -0.05) is 424 Å². The van der Waals surface area contributed by atoms with Crippen LogP contribution in [0.15, 0.2) is 231 Å². The summed E-state index contributed by atoms with van der Waals surface area (Å²) in [7, 11) is 8.12. The summed E-state index contributed by atoms with van der Waals surface area (Å²) >= 11 is 0. The smallest absolute Gasteiger partial charge is 0.0594 e. The first-order valence-corrected chi connectivity index (χ1v) is 40.3. The van der Waals surface area contributed by atoms with E-state index in [-0.39, 0.29) is 276 Å². The number of hydrogen-bond donors (Lipinski definition) is 3. The molecule has 0 aliphatic carbocycles. The van der Waals surface area contributed by atoms with Gasteiger partial charge < -0.3 is 29.5 Å². The van der Waals surface area contributed by atoms with Crippen LogP contribution >= 0.6 is 0 Å². The third-order valence-corrected chi connectivity index (χ3v) is 10.9. The van der Waals surface area contributed by atoms with Gasteiger partial charge in [0, 0.05) is 302 Å². The van der Waals surface area contributed by atoms with Gasteiger partial charge in [0.1, 0.15) is 0 Å². The van der Waals surface area contributed by atoms with Gasteiger partial charge in [-0.15, -0.1) is 0 Å². The van der Waals surface area contributed by atoms with Crippen molar-refractivity contribution in [3.8, 4) is 0 Å². The number of rotatable bonds is 10. The van der Waals surface area contributed by atoms with E-state index in [1.54, 1.807) is 21.3 Å². The Morgan fingerprint density at radius 3 is 0.316 bits per heavy atom. The Bertz CT molecular complexity index is 2490. The maximum Gasteiger partial charge on any atom is 0.0594 e. The molecule has 15 heteroatoms. The zero-order valence-corrected chi connectivity index (χ0v) is 110. The minimum Gasteiger partial charge on any atom is -0.400 e. The molecular weight excluding hydrogens is 2410 g/mol. The summed E-state index contributed by atoms with van der Waals surface area (Å²) in [6.45, 7) is 76.4. The molecular formula is C102H180O6W3Y6.